The van der Waals surface area contributed by atoms with Crippen molar-refractivity contribution in [3.05, 3.63) is 70.9 Å². The molecule has 4 rings (SSSR count). The van der Waals surface area contributed by atoms with E-state index in [4.69, 9.17) is 21.3 Å². The number of para-hydroxylation sites is 1. The molecule has 1 N–H and O–H groups in total. The number of benzene rings is 2. The number of halogens is 1. The summed E-state index contributed by atoms with van der Waals surface area (Å²) in [4.78, 5) is 21.1. The predicted molar refractivity (Wildman–Crippen MR) is 120 cm³/mol. The molecule has 3 aromatic rings. The highest BCUT2D eigenvalue weighted by atomic mass is 35.5. The molecule has 0 atom stereocenters. The third-order valence-electron chi connectivity index (χ3n) is 5.22. The Kier molecular flexibility index (Phi) is 6.44. The molecular weight excluding hydrogens is 416 g/mol. The van der Waals surface area contributed by atoms with Crippen LogP contribution < -0.4 is 9.64 Å². The number of aliphatic hydroxyl groups excluding tert-OH is 1. The Bertz CT molecular complexity index is 1040. The summed E-state index contributed by atoms with van der Waals surface area (Å²) in [5, 5.41) is 9.92. The number of rotatable bonds is 8. The van der Waals surface area contributed by atoms with Crippen molar-refractivity contribution in [2.45, 2.75) is 26.4 Å². The van der Waals surface area contributed by atoms with Crippen molar-refractivity contribution in [1.82, 2.24) is 14.5 Å². The van der Waals surface area contributed by atoms with Crippen molar-refractivity contribution in [2.75, 3.05) is 24.6 Å². The van der Waals surface area contributed by atoms with Crippen LogP contribution in [0.15, 0.2) is 54.6 Å². The van der Waals surface area contributed by atoms with Crippen molar-refractivity contribution in [3.8, 4) is 11.8 Å². The first-order valence-corrected chi connectivity index (χ1v) is 10.7. The molecule has 0 fully saturated rings. The third-order valence-corrected chi connectivity index (χ3v) is 5.47. The minimum Gasteiger partial charge on any atom is -0.425 e. The first-order chi connectivity index (χ1) is 15.1. The van der Waals surface area contributed by atoms with Gasteiger partial charge in [0.25, 0.3) is 0 Å². The van der Waals surface area contributed by atoms with Gasteiger partial charge in [-0.2, -0.15) is 4.98 Å². The summed E-state index contributed by atoms with van der Waals surface area (Å²) in [6, 6.07) is 17.4. The van der Waals surface area contributed by atoms with Gasteiger partial charge in [0.2, 0.25) is 0 Å². The number of anilines is 1. The molecule has 0 saturated carbocycles. The van der Waals surface area contributed by atoms with E-state index in [0.717, 1.165) is 11.3 Å². The highest BCUT2D eigenvalue weighted by molar-refractivity contribution is 6.30. The van der Waals surface area contributed by atoms with Gasteiger partial charge in [-0.05, 0) is 43.2 Å². The smallest absolute Gasteiger partial charge is 0.326 e. The highest BCUT2D eigenvalue weighted by Gasteiger charge is 2.35. The molecule has 0 unspecified atom stereocenters. The number of hydrogen-bond acceptors (Lipinski definition) is 4. The number of hydrogen-bond donors (Lipinski definition) is 1. The fourth-order valence-corrected chi connectivity index (χ4v) is 3.79. The minimum absolute atomic E-state index is 0.0369. The lowest BCUT2D eigenvalue weighted by Gasteiger charge is -2.34. The van der Waals surface area contributed by atoms with Gasteiger partial charge < -0.3 is 14.7 Å². The second kappa shape index (κ2) is 9.41. The van der Waals surface area contributed by atoms with Crippen molar-refractivity contribution in [3.63, 3.8) is 0 Å². The summed E-state index contributed by atoms with van der Waals surface area (Å²) >= 11 is 6.05. The quantitative estimate of drug-likeness (QED) is 0.559. The van der Waals surface area contributed by atoms with E-state index >= 15 is 0 Å². The summed E-state index contributed by atoms with van der Waals surface area (Å²) in [5.41, 5.74) is 1.95. The van der Waals surface area contributed by atoms with E-state index in [1.54, 1.807) is 9.80 Å². The van der Waals surface area contributed by atoms with Crippen molar-refractivity contribution in [1.29, 1.82) is 0 Å². The lowest BCUT2D eigenvalue weighted by atomic mass is 10.2. The highest BCUT2D eigenvalue weighted by Crippen LogP contribution is 2.34. The maximum atomic E-state index is 13.0. The fraction of sp³-hybridized carbons (Fsp3) is 0.304. The summed E-state index contributed by atoms with van der Waals surface area (Å²) in [5.74, 6) is 1.29. The van der Waals surface area contributed by atoms with Gasteiger partial charge in [-0.1, -0.05) is 41.9 Å². The van der Waals surface area contributed by atoms with Crippen LogP contribution in [0.3, 0.4) is 0 Å². The van der Waals surface area contributed by atoms with Gasteiger partial charge in [0, 0.05) is 24.7 Å². The van der Waals surface area contributed by atoms with Crippen LogP contribution in [0, 0.1) is 0 Å². The first-order valence-electron chi connectivity index (χ1n) is 10.3. The van der Waals surface area contributed by atoms with E-state index in [0.29, 0.717) is 55.2 Å². The molecule has 2 amide bonds. The van der Waals surface area contributed by atoms with Gasteiger partial charge in [-0.3, -0.25) is 9.47 Å². The number of carbonyl (C=O) groups excluding carboxylic acids is 1. The van der Waals surface area contributed by atoms with Gasteiger partial charge in [0.05, 0.1) is 18.8 Å². The molecule has 0 spiro atoms. The SMILES string of the molecule is CCN1C(=O)N(CCCO)Cc2c1nc(Oc1ccccc1)n2Cc1ccc(Cl)cc1. The molecule has 1 aromatic heterocycles. The molecule has 31 heavy (non-hydrogen) atoms. The predicted octanol–water partition coefficient (Wildman–Crippen LogP) is 4.52. The van der Waals surface area contributed by atoms with E-state index in [1.807, 2.05) is 66.1 Å². The molecule has 0 saturated heterocycles. The van der Waals surface area contributed by atoms with E-state index in [1.165, 1.54) is 0 Å². The second-order valence-corrected chi connectivity index (χ2v) is 7.75. The maximum absolute atomic E-state index is 13.0. The van der Waals surface area contributed by atoms with Crippen LogP contribution >= 0.6 is 11.6 Å². The second-order valence-electron chi connectivity index (χ2n) is 7.32. The zero-order chi connectivity index (χ0) is 21.8. The average molecular weight is 441 g/mol. The van der Waals surface area contributed by atoms with E-state index in [-0.39, 0.29) is 12.6 Å². The zero-order valence-electron chi connectivity index (χ0n) is 17.4. The molecule has 2 heterocycles. The Balaban J connectivity index is 1.76. The average Bonchev–Trinajstić information content (AvgIpc) is 3.11. The number of fused-ring (bicyclic) bond motifs is 1. The van der Waals surface area contributed by atoms with E-state index in [9.17, 15) is 9.90 Å². The number of carbonyl (C=O) groups is 1. The Morgan fingerprint density at radius 2 is 1.87 bits per heavy atom. The molecule has 1 aliphatic rings. The summed E-state index contributed by atoms with van der Waals surface area (Å²) in [6.07, 6.45) is 0.525. The molecule has 162 valence electrons. The normalized spacial score (nSPS) is 13.5. The summed E-state index contributed by atoms with van der Waals surface area (Å²) < 4.78 is 8.14. The van der Waals surface area contributed by atoms with Crippen molar-refractivity contribution >= 4 is 23.4 Å². The molecule has 0 aliphatic carbocycles. The van der Waals surface area contributed by atoms with Crippen LogP contribution in [0.1, 0.15) is 24.6 Å². The monoisotopic (exact) mass is 440 g/mol. The maximum Gasteiger partial charge on any atom is 0.326 e. The van der Waals surface area contributed by atoms with E-state index < -0.39 is 0 Å². The van der Waals surface area contributed by atoms with Gasteiger partial charge in [-0.25, -0.2) is 4.79 Å². The Morgan fingerprint density at radius 1 is 1.13 bits per heavy atom. The van der Waals surface area contributed by atoms with Gasteiger partial charge in [0.15, 0.2) is 5.82 Å². The number of urea groups is 1. The van der Waals surface area contributed by atoms with Gasteiger partial charge in [-0.15, -0.1) is 0 Å². The van der Waals surface area contributed by atoms with Crippen LogP contribution in [-0.4, -0.2) is 45.3 Å². The lowest BCUT2D eigenvalue weighted by Crippen LogP contribution is -2.48. The standard InChI is InChI=1S/C23H25ClN4O3/c1-2-27-21-20(16-26(23(27)30)13-6-14-29)28(15-17-9-11-18(24)12-10-17)22(25-21)31-19-7-4-3-5-8-19/h3-5,7-12,29H,2,6,13-16H2,1H3. The van der Waals surface area contributed by atoms with Crippen LogP contribution in [0.4, 0.5) is 10.6 Å². The summed E-state index contributed by atoms with van der Waals surface area (Å²) in [7, 11) is 0. The molecular formula is C23H25ClN4O3. The molecule has 0 bridgehead atoms. The lowest BCUT2D eigenvalue weighted by molar-refractivity contribution is 0.187. The minimum atomic E-state index is -0.106. The number of amides is 2. The Labute approximate surface area is 186 Å². The number of ether oxygens (including phenoxy) is 1. The van der Waals surface area contributed by atoms with Crippen molar-refractivity contribution in [2.24, 2.45) is 0 Å². The number of aliphatic hydroxyl groups is 1. The molecule has 1 aliphatic heterocycles. The number of aromatic nitrogens is 2. The van der Waals surface area contributed by atoms with Crippen LogP contribution in [0.2, 0.25) is 5.02 Å². The van der Waals surface area contributed by atoms with Crippen molar-refractivity contribution < 1.29 is 14.6 Å². The van der Waals surface area contributed by atoms with Crippen LogP contribution in [0.25, 0.3) is 0 Å². The molecule has 0 radical (unpaired) electrons. The number of nitrogens with zero attached hydrogens (tertiary/aromatic N) is 4. The third kappa shape index (κ3) is 4.52. The molecule has 8 heteroatoms. The van der Waals surface area contributed by atoms with E-state index in [2.05, 4.69) is 0 Å². The fourth-order valence-electron chi connectivity index (χ4n) is 3.66. The Hall–Kier alpha value is -3.03. The summed E-state index contributed by atoms with van der Waals surface area (Å²) in [6.45, 7) is 3.86. The first kappa shape index (κ1) is 21.2. The molecule has 7 nitrogen and oxygen atoms in total. The topological polar surface area (TPSA) is 70.8 Å². The number of imidazole rings is 1. The molecule has 2 aromatic carbocycles. The zero-order valence-corrected chi connectivity index (χ0v) is 18.1. The van der Waals surface area contributed by atoms with Gasteiger partial charge >= 0.3 is 12.0 Å². The van der Waals surface area contributed by atoms with Gasteiger partial charge in [0.1, 0.15) is 5.75 Å². The van der Waals surface area contributed by atoms with Crippen LogP contribution in [0.5, 0.6) is 11.8 Å². The largest absolute Gasteiger partial charge is 0.425 e. The Morgan fingerprint density at radius 3 is 2.55 bits per heavy atom. The van der Waals surface area contributed by atoms with Crippen LogP contribution in [-0.2, 0) is 13.1 Å².